The van der Waals surface area contributed by atoms with Gasteiger partial charge in [-0.1, -0.05) is 60.7 Å². The predicted molar refractivity (Wildman–Crippen MR) is 123 cm³/mol. The number of aryl methyl sites for hydroxylation is 1. The number of carbonyl (C=O) groups excluding carboxylic acids is 3. The average Bonchev–Trinajstić information content (AvgIpc) is 2.87. The number of rotatable bonds is 10. The van der Waals surface area contributed by atoms with Gasteiger partial charge in [-0.3, -0.25) is 9.59 Å². The molecule has 2 atom stereocenters. The van der Waals surface area contributed by atoms with Crippen LogP contribution in [0.3, 0.4) is 0 Å². The third-order valence-corrected chi connectivity index (χ3v) is 5.60. The van der Waals surface area contributed by atoms with Gasteiger partial charge in [0.2, 0.25) is 5.91 Å². The Morgan fingerprint density at radius 2 is 1.48 bits per heavy atom. The highest BCUT2D eigenvalue weighted by Crippen LogP contribution is 2.09. The molecule has 1 aliphatic heterocycles. The number of amides is 3. The summed E-state index contributed by atoms with van der Waals surface area (Å²) < 4.78 is 18.5. The SMILES string of the molecule is O=C(CF)C(CCc1ccccc1)NC(=O)C(Cc1ccccc1)NC(=O)N1CCOCC1. The first-order chi connectivity index (χ1) is 16.1. The Labute approximate surface area is 193 Å². The lowest BCUT2D eigenvalue weighted by Crippen LogP contribution is -2.56. The topological polar surface area (TPSA) is 87.7 Å². The van der Waals surface area contributed by atoms with Crippen LogP contribution in [-0.2, 0) is 27.2 Å². The zero-order valence-electron chi connectivity index (χ0n) is 18.5. The maximum atomic E-state index is 13.2. The lowest BCUT2D eigenvalue weighted by molar-refractivity contribution is -0.129. The fraction of sp³-hybridized carbons (Fsp3) is 0.400. The van der Waals surface area contributed by atoms with E-state index in [-0.39, 0.29) is 18.9 Å². The van der Waals surface area contributed by atoms with E-state index < -0.39 is 30.4 Å². The molecule has 0 bridgehead atoms. The molecule has 33 heavy (non-hydrogen) atoms. The minimum atomic E-state index is -1.16. The fourth-order valence-corrected chi connectivity index (χ4v) is 3.70. The smallest absolute Gasteiger partial charge is 0.318 e. The molecule has 0 spiro atoms. The summed E-state index contributed by atoms with van der Waals surface area (Å²) in [5.41, 5.74) is 1.85. The van der Waals surface area contributed by atoms with E-state index in [1.807, 2.05) is 60.7 Å². The van der Waals surface area contributed by atoms with Gasteiger partial charge in [0.25, 0.3) is 0 Å². The van der Waals surface area contributed by atoms with Crippen molar-refractivity contribution in [1.29, 1.82) is 0 Å². The van der Waals surface area contributed by atoms with Gasteiger partial charge in [0.1, 0.15) is 12.7 Å². The first kappa shape index (κ1) is 24.4. The molecule has 0 aromatic heterocycles. The predicted octanol–water partition coefficient (Wildman–Crippen LogP) is 2.30. The molecule has 2 aromatic rings. The van der Waals surface area contributed by atoms with Crippen molar-refractivity contribution in [2.24, 2.45) is 0 Å². The standard InChI is InChI=1S/C25H30FN3O4/c26-18-23(30)21(12-11-19-7-3-1-4-8-19)27-24(31)22(17-20-9-5-2-6-10-20)28-25(32)29-13-15-33-16-14-29/h1-10,21-22H,11-18H2,(H,27,31)(H,28,32). The van der Waals surface area contributed by atoms with Crippen molar-refractivity contribution in [3.05, 3.63) is 71.8 Å². The molecule has 0 aliphatic carbocycles. The number of carbonyl (C=O) groups is 3. The van der Waals surface area contributed by atoms with Gasteiger partial charge in [-0.25, -0.2) is 9.18 Å². The number of ether oxygens (including phenoxy) is 1. The van der Waals surface area contributed by atoms with Gasteiger partial charge in [0.05, 0.1) is 19.3 Å². The van der Waals surface area contributed by atoms with Crippen molar-refractivity contribution in [3.8, 4) is 0 Å². The largest absolute Gasteiger partial charge is 0.378 e. The summed E-state index contributed by atoms with van der Waals surface area (Å²) in [7, 11) is 0. The molecule has 0 radical (unpaired) electrons. The summed E-state index contributed by atoms with van der Waals surface area (Å²) in [4.78, 5) is 39.7. The lowest BCUT2D eigenvalue weighted by atomic mass is 10.0. The maximum Gasteiger partial charge on any atom is 0.318 e. The van der Waals surface area contributed by atoms with Crippen molar-refractivity contribution in [1.82, 2.24) is 15.5 Å². The molecule has 2 unspecified atom stereocenters. The molecule has 1 heterocycles. The van der Waals surface area contributed by atoms with Crippen LogP contribution in [0.4, 0.5) is 9.18 Å². The van der Waals surface area contributed by atoms with Gasteiger partial charge >= 0.3 is 6.03 Å². The van der Waals surface area contributed by atoms with Gasteiger partial charge in [0.15, 0.2) is 5.78 Å². The van der Waals surface area contributed by atoms with E-state index in [0.29, 0.717) is 32.7 Å². The fourth-order valence-electron chi connectivity index (χ4n) is 3.70. The van der Waals surface area contributed by atoms with Crippen molar-refractivity contribution in [3.63, 3.8) is 0 Å². The van der Waals surface area contributed by atoms with E-state index in [4.69, 9.17) is 4.74 Å². The molecule has 176 valence electrons. The number of hydrogen-bond donors (Lipinski definition) is 2. The highest BCUT2D eigenvalue weighted by Gasteiger charge is 2.28. The molecule has 7 nitrogen and oxygen atoms in total. The highest BCUT2D eigenvalue weighted by molar-refractivity contribution is 5.93. The molecule has 0 saturated carbocycles. The Hall–Kier alpha value is -3.26. The second-order valence-corrected chi connectivity index (χ2v) is 7.98. The van der Waals surface area contributed by atoms with Crippen LogP contribution in [0.25, 0.3) is 0 Å². The third-order valence-electron chi connectivity index (χ3n) is 5.60. The maximum absolute atomic E-state index is 13.2. The number of halogens is 1. The minimum Gasteiger partial charge on any atom is -0.378 e. The van der Waals surface area contributed by atoms with Crippen LogP contribution in [0.15, 0.2) is 60.7 Å². The quantitative estimate of drug-likeness (QED) is 0.576. The molecule has 3 amide bonds. The van der Waals surface area contributed by atoms with Gasteiger partial charge in [-0.2, -0.15) is 0 Å². The van der Waals surface area contributed by atoms with Crippen LogP contribution in [0, 0.1) is 0 Å². The normalized spacial score (nSPS) is 15.4. The Kier molecular flexibility index (Phi) is 9.38. The molecule has 8 heteroatoms. The summed E-state index contributed by atoms with van der Waals surface area (Å²) in [5, 5.41) is 5.47. The average molecular weight is 456 g/mol. The zero-order valence-corrected chi connectivity index (χ0v) is 18.5. The second-order valence-electron chi connectivity index (χ2n) is 7.98. The number of nitrogens with one attached hydrogen (secondary N) is 2. The minimum absolute atomic E-state index is 0.248. The van der Waals surface area contributed by atoms with Gasteiger partial charge in [-0.15, -0.1) is 0 Å². The third kappa shape index (κ3) is 7.68. The number of morpholine rings is 1. The molecular weight excluding hydrogens is 425 g/mol. The number of urea groups is 1. The molecule has 1 fully saturated rings. The Morgan fingerprint density at radius 3 is 2.09 bits per heavy atom. The summed E-state index contributed by atoms with van der Waals surface area (Å²) in [6, 6.07) is 16.5. The van der Waals surface area contributed by atoms with Crippen LogP contribution in [0.5, 0.6) is 0 Å². The Bertz CT molecular complexity index is 904. The lowest BCUT2D eigenvalue weighted by Gasteiger charge is -2.29. The molecule has 3 rings (SSSR count). The summed E-state index contributed by atoms with van der Waals surface area (Å²) in [6.07, 6.45) is 1.03. The zero-order chi connectivity index (χ0) is 23.5. The summed E-state index contributed by atoms with van der Waals surface area (Å²) in [6.45, 7) is 0.589. The monoisotopic (exact) mass is 455 g/mol. The molecule has 1 saturated heterocycles. The van der Waals surface area contributed by atoms with Crippen molar-refractivity contribution in [2.45, 2.75) is 31.3 Å². The van der Waals surface area contributed by atoms with E-state index in [0.717, 1.165) is 11.1 Å². The van der Waals surface area contributed by atoms with E-state index >= 15 is 0 Å². The van der Waals surface area contributed by atoms with Crippen LogP contribution in [0.1, 0.15) is 17.5 Å². The van der Waals surface area contributed by atoms with E-state index in [1.165, 1.54) is 0 Å². The molecule has 1 aliphatic rings. The van der Waals surface area contributed by atoms with Crippen molar-refractivity contribution in [2.75, 3.05) is 33.0 Å². The van der Waals surface area contributed by atoms with Gasteiger partial charge in [0, 0.05) is 19.5 Å². The van der Waals surface area contributed by atoms with Gasteiger partial charge in [-0.05, 0) is 24.0 Å². The summed E-state index contributed by atoms with van der Waals surface area (Å²) >= 11 is 0. The van der Waals surface area contributed by atoms with Crippen LogP contribution in [-0.4, -0.2) is 67.7 Å². The van der Waals surface area contributed by atoms with Crippen LogP contribution >= 0.6 is 0 Å². The van der Waals surface area contributed by atoms with E-state index in [1.54, 1.807) is 4.90 Å². The molecule has 2 aromatic carbocycles. The number of nitrogens with zero attached hydrogens (tertiary/aromatic N) is 1. The number of Topliss-reactive ketones (excluding diaryl/α,β-unsaturated/α-hetero) is 1. The Balaban J connectivity index is 1.69. The second kappa shape index (κ2) is 12.7. The number of alkyl halides is 1. The summed E-state index contributed by atoms with van der Waals surface area (Å²) in [5.74, 6) is -1.20. The first-order valence-electron chi connectivity index (χ1n) is 11.2. The number of hydrogen-bond acceptors (Lipinski definition) is 4. The Morgan fingerprint density at radius 1 is 0.879 bits per heavy atom. The molecule has 2 N–H and O–H groups in total. The van der Waals surface area contributed by atoms with E-state index in [9.17, 15) is 18.8 Å². The van der Waals surface area contributed by atoms with Crippen LogP contribution < -0.4 is 10.6 Å². The van der Waals surface area contributed by atoms with Crippen molar-refractivity contribution >= 4 is 17.7 Å². The number of ketones is 1. The van der Waals surface area contributed by atoms with Crippen molar-refractivity contribution < 1.29 is 23.5 Å². The van der Waals surface area contributed by atoms with E-state index in [2.05, 4.69) is 10.6 Å². The van der Waals surface area contributed by atoms with Gasteiger partial charge < -0.3 is 20.3 Å². The first-order valence-corrected chi connectivity index (χ1v) is 11.2. The molecular formula is C25H30FN3O4. The number of benzene rings is 2. The highest BCUT2D eigenvalue weighted by atomic mass is 19.1. The van der Waals surface area contributed by atoms with Crippen LogP contribution in [0.2, 0.25) is 0 Å².